The van der Waals surface area contributed by atoms with E-state index in [2.05, 4.69) is 41.0 Å². The van der Waals surface area contributed by atoms with Crippen LogP contribution in [-0.2, 0) is 29.0 Å². The van der Waals surface area contributed by atoms with E-state index in [-0.39, 0.29) is 0 Å². The quantitative estimate of drug-likeness (QED) is 0.309. The molecule has 1 heterocycles. The van der Waals surface area contributed by atoms with Crippen LogP contribution < -0.4 is 15.4 Å². The summed E-state index contributed by atoms with van der Waals surface area (Å²) in [6.07, 6.45) is 2.93. The lowest BCUT2D eigenvalue weighted by atomic mass is 10.0. The first-order valence-electron chi connectivity index (χ1n) is 12.1. The molecule has 36 heavy (non-hydrogen) atoms. The summed E-state index contributed by atoms with van der Waals surface area (Å²) >= 11 is 6.50. The number of aliphatic hydroxyl groups excluding tert-OH is 2. The van der Waals surface area contributed by atoms with Crippen molar-refractivity contribution in [2.45, 2.75) is 63.4 Å². The summed E-state index contributed by atoms with van der Waals surface area (Å²) < 4.78 is 6.05. The molecule has 0 bridgehead atoms. The third-order valence-corrected chi connectivity index (χ3v) is 6.60. The molecule has 9 nitrogen and oxygen atoms in total. The van der Waals surface area contributed by atoms with Crippen molar-refractivity contribution < 1.29 is 34.8 Å². The maximum Gasteiger partial charge on any atom is 0.335 e. The zero-order chi connectivity index (χ0) is 26.1. The van der Waals surface area contributed by atoms with E-state index in [0.717, 1.165) is 48.9 Å². The largest absolute Gasteiger partial charge is 0.490 e. The molecule has 1 aliphatic heterocycles. The lowest BCUT2D eigenvalue weighted by Gasteiger charge is -2.17. The van der Waals surface area contributed by atoms with E-state index in [4.69, 9.17) is 36.8 Å². The van der Waals surface area contributed by atoms with Crippen molar-refractivity contribution in [2.75, 3.05) is 18.4 Å². The number of fused-ring (bicyclic) bond motifs is 1. The molecule has 0 radical (unpaired) electrons. The smallest absolute Gasteiger partial charge is 0.335 e. The third-order valence-electron chi connectivity index (χ3n) is 6.28. The van der Waals surface area contributed by atoms with Gasteiger partial charge in [-0.05, 0) is 86.5 Å². The molecule has 2 aromatic carbocycles. The van der Waals surface area contributed by atoms with E-state index in [9.17, 15) is 9.59 Å². The van der Waals surface area contributed by atoms with Gasteiger partial charge >= 0.3 is 11.9 Å². The molecule has 0 spiro atoms. The lowest BCUT2D eigenvalue weighted by molar-refractivity contribution is -0.165. The maximum atomic E-state index is 9.77. The van der Waals surface area contributed by atoms with E-state index < -0.39 is 24.1 Å². The lowest BCUT2D eigenvalue weighted by Crippen LogP contribution is -2.39. The second-order valence-electron chi connectivity index (χ2n) is 8.90. The number of hydrogen-bond donors (Lipinski definition) is 6. The summed E-state index contributed by atoms with van der Waals surface area (Å²) in [5.41, 5.74) is 5.11. The van der Waals surface area contributed by atoms with Gasteiger partial charge in [0.2, 0.25) is 0 Å². The summed E-state index contributed by atoms with van der Waals surface area (Å²) in [4.78, 5) is 19.5. The van der Waals surface area contributed by atoms with Gasteiger partial charge in [-0.2, -0.15) is 0 Å². The van der Waals surface area contributed by atoms with Crippen LogP contribution in [0.15, 0.2) is 36.4 Å². The van der Waals surface area contributed by atoms with E-state index in [1.54, 1.807) is 0 Å². The minimum Gasteiger partial charge on any atom is -0.490 e. The van der Waals surface area contributed by atoms with Crippen LogP contribution in [0.3, 0.4) is 0 Å². The van der Waals surface area contributed by atoms with Gasteiger partial charge in [-0.25, -0.2) is 9.59 Å². The number of carboxylic acids is 2. The number of carboxylic acid groups (broad SMARTS) is 2. The Morgan fingerprint density at radius 2 is 1.58 bits per heavy atom. The van der Waals surface area contributed by atoms with Gasteiger partial charge in [-0.3, -0.25) is 0 Å². The minimum absolute atomic E-state index is 0.408. The summed E-state index contributed by atoms with van der Waals surface area (Å²) in [7, 11) is 0. The molecule has 0 aromatic heterocycles. The number of hydrogen-bond acceptors (Lipinski definition) is 7. The number of aliphatic hydroxyl groups is 2. The van der Waals surface area contributed by atoms with Crippen LogP contribution in [0.2, 0.25) is 5.02 Å². The Hall–Kier alpha value is -2.85. The highest BCUT2D eigenvalue weighted by molar-refractivity contribution is 6.33. The van der Waals surface area contributed by atoms with Gasteiger partial charge in [0.25, 0.3) is 0 Å². The van der Waals surface area contributed by atoms with Crippen molar-refractivity contribution in [1.29, 1.82) is 0 Å². The molecule has 4 rings (SSSR count). The van der Waals surface area contributed by atoms with Gasteiger partial charge in [0.15, 0.2) is 12.2 Å². The average molecular weight is 521 g/mol. The first-order chi connectivity index (χ1) is 17.3. The molecule has 0 saturated heterocycles. The van der Waals surface area contributed by atoms with Crippen LogP contribution in [0.5, 0.6) is 5.75 Å². The van der Waals surface area contributed by atoms with E-state index >= 15 is 0 Å². The highest BCUT2D eigenvalue weighted by atomic mass is 35.5. The molecule has 196 valence electrons. The van der Waals surface area contributed by atoms with Crippen LogP contribution >= 0.6 is 11.6 Å². The standard InChI is InChI=1S/C22H27ClN2O.C4H6O6/c23-21-10-7-17-11-13-24-14-12-20(17)22(21)25-15-16-5-8-19(9-6-16)26-18-3-1-2-4-18;5-1(3(7)8)2(6)4(9)10/h5-10,18,24-25H,1-4,11-15H2;1-2,5-6H,(H,7,8)(H,9,10)/t;1-,2-/m.1/s1. The first-order valence-corrected chi connectivity index (χ1v) is 12.5. The predicted octanol–water partition coefficient (Wildman–Crippen LogP) is 2.84. The molecular weight excluding hydrogens is 488 g/mol. The number of ether oxygens (including phenoxy) is 1. The predicted molar refractivity (Wildman–Crippen MR) is 136 cm³/mol. The SMILES string of the molecule is Clc1ccc2c(c1NCc1ccc(OC3CCCC3)cc1)CCNCC2.O=C(O)[C@H](O)[C@@H](O)C(=O)O. The molecule has 1 saturated carbocycles. The maximum absolute atomic E-state index is 9.77. The van der Waals surface area contributed by atoms with Crippen molar-refractivity contribution in [1.82, 2.24) is 5.32 Å². The van der Waals surface area contributed by atoms with Crippen LogP contribution in [0, 0.1) is 0 Å². The number of carbonyl (C=O) groups is 2. The summed E-state index contributed by atoms with van der Waals surface area (Å²) in [6, 6.07) is 12.7. The van der Waals surface area contributed by atoms with E-state index in [0.29, 0.717) is 6.10 Å². The van der Waals surface area contributed by atoms with Crippen molar-refractivity contribution in [3.63, 3.8) is 0 Å². The monoisotopic (exact) mass is 520 g/mol. The molecule has 0 amide bonds. The summed E-state index contributed by atoms with van der Waals surface area (Å²) in [5, 5.41) is 40.4. The normalized spacial score (nSPS) is 17.1. The zero-order valence-corrected chi connectivity index (χ0v) is 20.7. The number of benzene rings is 2. The highest BCUT2D eigenvalue weighted by Gasteiger charge is 2.29. The van der Waals surface area contributed by atoms with Crippen molar-refractivity contribution in [3.05, 3.63) is 58.1 Å². The molecule has 1 aliphatic carbocycles. The number of nitrogens with one attached hydrogen (secondary N) is 2. The number of halogens is 1. The first kappa shape index (κ1) is 27.7. The molecule has 1 fully saturated rings. The third kappa shape index (κ3) is 7.83. The molecule has 0 unspecified atom stereocenters. The number of anilines is 1. The van der Waals surface area contributed by atoms with Crippen molar-refractivity contribution in [2.24, 2.45) is 0 Å². The van der Waals surface area contributed by atoms with Crippen LogP contribution in [0.1, 0.15) is 42.4 Å². The van der Waals surface area contributed by atoms with Crippen LogP contribution in [0.25, 0.3) is 0 Å². The second-order valence-corrected chi connectivity index (χ2v) is 9.31. The Kier molecular flexibility index (Phi) is 10.4. The summed E-state index contributed by atoms with van der Waals surface area (Å²) in [6.45, 7) is 2.82. The Morgan fingerprint density at radius 3 is 2.19 bits per heavy atom. The van der Waals surface area contributed by atoms with E-state index in [1.165, 1.54) is 42.4 Å². The number of aliphatic carboxylic acids is 2. The fourth-order valence-electron chi connectivity index (χ4n) is 4.28. The minimum atomic E-state index is -2.27. The molecular formula is C26H33ClN2O7. The topological polar surface area (TPSA) is 148 Å². The van der Waals surface area contributed by atoms with Gasteiger partial charge in [0, 0.05) is 6.54 Å². The van der Waals surface area contributed by atoms with Crippen LogP contribution in [-0.4, -0.2) is 63.8 Å². The zero-order valence-electron chi connectivity index (χ0n) is 20.0. The molecule has 6 N–H and O–H groups in total. The Morgan fingerprint density at radius 1 is 0.972 bits per heavy atom. The Balaban J connectivity index is 0.000000308. The molecule has 10 heteroatoms. The van der Waals surface area contributed by atoms with Gasteiger partial charge in [0.1, 0.15) is 5.75 Å². The number of rotatable bonds is 8. The van der Waals surface area contributed by atoms with Gasteiger partial charge in [-0.1, -0.05) is 29.8 Å². The van der Waals surface area contributed by atoms with Crippen LogP contribution in [0.4, 0.5) is 5.69 Å². The second kappa shape index (κ2) is 13.5. The molecule has 2 atom stereocenters. The Labute approximate surface area is 215 Å². The van der Waals surface area contributed by atoms with Gasteiger partial charge < -0.3 is 35.8 Å². The van der Waals surface area contributed by atoms with Gasteiger partial charge in [0.05, 0.1) is 16.8 Å². The highest BCUT2D eigenvalue weighted by Crippen LogP contribution is 2.31. The molecule has 2 aromatic rings. The fourth-order valence-corrected chi connectivity index (χ4v) is 4.52. The average Bonchev–Trinajstić information content (AvgIpc) is 3.26. The molecule has 2 aliphatic rings. The van der Waals surface area contributed by atoms with Gasteiger partial charge in [-0.15, -0.1) is 0 Å². The fraction of sp³-hybridized carbons (Fsp3) is 0.462. The van der Waals surface area contributed by atoms with Crippen molar-refractivity contribution in [3.8, 4) is 5.75 Å². The Bertz CT molecular complexity index is 1010. The summed E-state index contributed by atoms with van der Waals surface area (Å²) in [5.74, 6) is -2.55. The van der Waals surface area contributed by atoms with E-state index in [1.807, 2.05) is 6.07 Å². The van der Waals surface area contributed by atoms with Crippen molar-refractivity contribution >= 4 is 29.2 Å².